The summed E-state index contributed by atoms with van der Waals surface area (Å²) >= 11 is 0. The molecule has 0 atom stereocenters. The molecule has 0 amide bonds. The highest BCUT2D eigenvalue weighted by atomic mass is 19.1. The van der Waals surface area contributed by atoms with Crippen LogP contribution in [0, 0.1) is 11.6 Å². The predicted octanol–water partition coefficient (Wildman–Crippen LogP) is 2.73. The molecule has 3 heteroatoms. The summed E-state index contributed by atoms with van der Waals surface area (Å²) in [6.07, 6.45) is 0.379. The molecule has 0 bridgehead atoms. The number of halogens is 2. The van der Waals surface area contributed by atoms with E-state index in [0.29, 0.717) is 6.42 Å². The van der Waals surface area contributed by atoms with Crippen LogP contribution in [0.2, 0.25) is 0 Å². The first kappa shape index (κ1) is 9.84. The van der Waals surface area contributed by atoms with Crippen molar-refractivity contribution in [3.8, 4) is 0 Å². The zero-order chi connectivity index (χ0) is 10.0. The molecule has 1 rings (SSSR count). The van der Waals surface area contributed by atoms with E-state index in [9.17, 15) is 13.6 Å². The third-order valence-corrected chi connectivity index (χ3v) is 1.87. The van der Waals surface area contributed by atoms with Gasteiger partial charge in [-0.25, -0.2) is 8.78 Å². The van der Waals surface area contributed by atoms with Gasteiger partial charge in [-0.15, -0.1) is 0 Å². The van der Waals surface area contributed by atoms with Crippen molar-refractivity contribution < 1.29 is 13.6 Å². The highest BCUT2D eigenvalue weighted by Gasteiger charge is 2.12. The molecule has 0 aromatic heterocycles. The van der Waals surface area contributed by atoms with E-state index in [1.807, 2.05) is 0 Å². The maximum atomic E-state index is 13.3. The summed E-state index contributed by atoms with van der Waals surface area (Å²) < 4.78 is 26.2. The van der Waals surface area contributed by atoms with Gasteiger partial charge in [0.1, 0.15) is 11.6 Å². The van der Waals surface area contributed by atoms with Crippen molar-refractivity contribution in [1.29, 1.82) is 0 Å². The van der Waals surface area contributed by atoms with Crippen LogP contribution in [0.3, 0.4) is 0 Å². The Labute approximate surface area is 75.4 Å². The molecule has 70 valence electrons. The molecule has 0 spiro atoms. The van der Waals surface area contributed by atoms with Crippen molar-refractivity contribution in [2.75, 3.05) is 0 Å². The van der Waals surface area contributed by atoms with E-state index in [0.717, 1.165) is 12.1 Å². The van der Waals surface area contributed by atoms with Crippen LogP contribution in [0.4, 0.5) is 8.78 Å². The normalized spacial score (nSPS) is 10.2. The number of ketones is 1. The van der Waals surface area contributed by atoms with Gasteiger partial charge >= 0.3 is 0 Å². The molecular weight excluding hydrogens is 174 g/mol. The second-order valence-electron chi connectivity index (χ2n) is 2.84. The first-order valence-corrected chi connectivity index (χ1v) is 4.05. The van der Waals surface area contributed by atoms with Crippen molar-refractivity contribution in [2.45, 2.75) is 20.3 Å². The average Bonchev–Trinajstić information content (AvgIpc) is 2.08. The molecule has 1 nitrogen and oxygen atoms in total. The molecule has 0 fully saturated rings. The van der Waals surface area contributed by atoms with Gasteiger partial charge in [-0.2, -0.15) is 0 Å². The highest BCUT2D eigenvalue weighted by molar-refractivity contribution is 5.94. The van der Waals surface area contributed by atoms with E-state index in [2.05, 4.69) is 0 Å². The smallest absolute Gasteiger partial charge is 0.162 e. The van der Waals surface area contributed by atoms with Crippen LogP contribution in [0.25, 0.3) is 0 Å². The molecule has 0 aliphatic carbocycles. The fraction of sp³-hybridized carbons (Fsp3) is 0.300. The maximum Gasteiger partial charge on any atom is 0.162 e. The molecule has 13 heavy (non-hydrogen) atoms. The van der Waals surface area contributed by atoms with E-state index in [4.69, 9.17) is 0 Å². The van der Waals surface area contributed by atoms with Crippen LogP contribution in [0.5, 0.6) is 0 Å². The van der Waals surface area contributed by atoms with Gasteiger partial charge in [-0.1, -0.05) is 6.92 Å². The molecule has 1 aromatic rings. The monoisotopic (exact) mass is 184 g/mol. The number of Topliss-reactive ketones (excluding diaryl/α,β-unsaturated/α-hetero) is 1. The third-order valence-electron chi connectivity index (χ3n) is 1.87. The van der Waals surface area contributed by atoms with Crippen molar-refractivity contribution in [3.05, 3.63) is 34.9 Å². The van der Waals surface area contributed by atoms with E-state index in [1.165, 1.54) is 6.92 Å². The van der Waals surface area contributed by atoms with Crippen LogP contribution in [-0.4, -0.2) is 5.78 Å². The summed E-state index contributed by atoms with van der Waals surface area (Å²) in [6.45, 7) is 2.93. The predicted molar refractivity (Wildman–Crippen MR) is 45.7 cm³/mol. The molecule has 0 heterocycles. The SMILES string of the molecule is CCc1cc(F)cc(C(C)=O)c1F. The summed E-state index contributed by atoms with van der Waals surface area (Å²) in [5.41, 5.74) is 0.0713. The van der Waals surface area contributed by atoms with Gasteiger partial charge in [-0.3, -0.25) is 4.79 Å². The second kappa shape index (κ2) is 3.64. The lowest BCUT2D eigenvalue weighted by Crippen LogP contribution is -2.02. The number of aryl methyl sites for hydroxylation is 1. The Morgan fingerprint density at radius 2 is 2.00 bits per heavy atom. The summed E-state index contributed by atoms with van der Waals surface area (Å²) in [5, 5.41) is 0. The quantitative estimate of drug-likeness (QED) is 0.646. The summed E-state index contributed by atoms with van der Waals surface area (Å²) in [7, 11) is 0. The Bertz CT molecular complexity index is 345. The van der Waals surface area contributed by atoms with E-state index < -0.39 is 17.4 Å². The number of benzene rings is 1. The lowest BCUT2D eigenvalue weighted by atomic mass is 10.0. The minimum absolute atomic E-state index is 0.170. The van der Waals surface area contributed by atoms with Crippen molar-refractivity contribution in [3.63, 3.8) is 0 Å². The van der Waals surface area contributed by atoms with Crippen LogP contribution in [0.1, 0.15) is 29.8 Å². The third kappa shape index (κ3) is 1.91. The molecule has 0 saturated heterocycles. The minimum Gasteiger partial charge on any atom is -0.294 e. The Hall–Kier alpha value is -1.25. The van der Waals surface area contributed by atoms with Gasteiger partial charge in [0.25, 0.3) is 0 Å². The Balaban J connectivity index is 3.35. The summed E-state index contributed by atoms with van der Waals surface area (Å²) in [6, 6.07) is 2.04. The minimum atomic E-state index is -0.601. The van der Waals surface area contributed by atoms with Gasteiger partial charge in [0.15, 0.2) is 5.78 Å². The Morgan fingerprint density at radius 3 is 2.46 bits per heavy atom. The van der Waals surface area contributed by atoms with E-state index in [1.54, 1.807) is 6.92 Å². The zero-order valence-electron chi connectivity index (χ0n) is 7.53. The van der Waals surface area contributed by atoms with Crippen LogP contribution in [0.15, 0.2) is 12.1 Å². The standard InChI is InChI=1S/C10H10F2O/c1-3-7-4-8(11)5-9(6(2)13)10(7)12/h4-5H,3H2,1-2H3. The first-order chi connectivity index (χ1) is 6.06. The highest BCUT2D eigenvalue weighted by Crippen LogP contribution is 2.16. The van der Waals surface area contributed by atoms with Gasteiger partial charge in [0.05, 0.1) is 5.56 Å². The first-order valence-electron chi connectivity index (χ1n) is 4.05. The van der Waals surface area contributed by atoms with Crippen LogP contribution in [-0.2, 0) is 6.42 Å². The van der Waals surface area contributed by atoms with Crippen LogP contribution < -0.4 is 0 Å². The number of hydrogen-bond donors (Lipinski definition) is 0. The summed E-state index contributed by atoms with van der Waals surface area (Å²) in [5.74, 6) is -1.62. The second-order valence-corrected chi connectivity index (χ2v) is 2.84. The van der Waals surface area contributed by atoms with Crippen LogP contribution >= 0.6 is 0 Å². The maximum absolute atomic E-state index is 13.3. The van der Waals surface area contributed by atoms with Crippen molar-refractivity contribution in [1.82, 2.24) is 0 Å². The number of carbonyl (C=O) groups is 1. The molecule has 1 aromatic carbocycles. The topological polar surface area (TPSA) is 17.1 Å². The Morgan fingerprint density at radius 1 is 1.38 bits per heavy atom. The number of hydrogen-bond acceptors (Lipinski definition) is 1. The van der Waals surface area contributed by atoms with E-state index >= 15 is 0 Å². The lowest BCUT2D eigenvalue weighted by molar-refractivity contribution is 0.101. The molecule has 0 aliphatic rings. The average molecular weight is 184 g/mol. The zero-order valence-corrected chi connectivity index (χ0v) is 7.53. The van der Waals surface area contributed by atoms with Gasteiger partial charge in [0.2, 0.25) is 0 Å². The molecule has 0 saturated carbocycles. The lowest BCUT2D eigenvalue weighted by Gasteiger charge is -2.04. The van der Waals surface area contributed by atoms with Gasteiger partial charge in [0, 0.05) is 0 Å². The van der Waals surface area contributed by atoms with Crippen molar-refractivity contribution >= 4 is 5.78 Å². The van der Waals surface area contributed by atoms with Gasteiger partial charge < -0.3 is 0 Å². The number of rotatable bonds is 2. The van der Waals surface area contributed by atoms with E-state index in [-0.39, 0.29) is 11.1 Å². The van der Waals surface area contributed by atoms with Gasteiger partial charge in [-0.05, 0) is 31.0 Å². The molecule has 0 unspecified atom stereocenters. The Kier molecular flexibility index (Phi) is 2.76. The molecule has 0 N–H and O–H groups in total. The fourth-order valence-electron chi connectivity index (χ4n) is 1.16. The molecule has 0 radical (unpaired) electrons. The van der Waals surface area contributed by atoms with Crippen molar-refractivity contribution in [2.24, 2.45) is 0 Å². The number of carbonyl (C=O) groups excluding carboxylic acids is 1. The molecular formula is C10H10F2O. The summed E-state index contributed by atoms with van der Waals surface area (Å²) in [4.78, 5) is 10.9. The largest absolute Gasteiger partial charge is 0.294 e. The fourth-order valence-corrected chi connectivity index (χ4v) is 1.16. The molecule has 0 aliphatic heterocycles.